The van der Waals surface area contributed by atoms with Crippen LogP contribution >= 0.6 is 11.6 Å². The van der Waals surface area contributed by atoms with E-state index in [-0.39, 0.29) is 5.56 Å². The Morgan fingerprint density at radius 2 is 2.15 bits per heavy atom. The van der Waals surface area contributed by atoms with Crippen molar-refractivity contribution in [3.63, 3.8) is 0 Å². The molecule has 13 heavy (non-hydrogen) atoms. The number of pyridine rings is 1. The molecule has 0 fully saturated rings. The highest BCUT2D eigenvalue weighted by Gasteiger charge is 2.18. The van der Waals surface area contributed by atoms with Gasteiger partial charge in [-0.05, 0) is 30.7 Å². The lowest BCUT2D eigenvalue weighted by Gasteiger charge is -2.04. The maximum absolute atomic E-state index is 12.3. The highest BCUT2D eigenvalue weighted by atomic mass is 35.5. The van der Waals surface area contributed by atoms with Crippen molar-refractivity contribution in [1.82, 2.24) is 4.98 Å². The van der Waals surface area contributed by atoms with Crippen LogP contribution in [0.15, 0.2) is 12.1 Å². The van der Waals surface area contributed by atoms with Crippen molar-refractivity contribution in [2.45, 2.75) is 13.3 Å². The Kier molecular flexibility index (Phi) is 2.93. The second kappa shape index (κ2) is 3.79. The number of hydrogen-bond acceptors (Lipinski definition) is 2. The summed E-state index contributed by atoms with van der Waals surface area (Å²) in [5, 5.41) is -0.914. The minimum absolute atomic E-state index is 0.234. The van der Waals surface area contributed by atoms with Crippen LogP contribution in [0.2, 0.25) is 0 Å². The van der Waals surface area contributed by atoms with Crippen molar-refractivity contribution in [1.29, 1.82) is 0 Å². The van der Waals surface area contributed by atoms with E-state index in [1.54, 1.807) is 6.92 Å². The molecule has 70 valence electrons. The molecule has 0 aliphatic rings. The fourth-order valence-electron chi connectivity index (χ4n) is 0.909. The maximum atomic E-state index is 12.3. The molecule has 2 nitrogen and oxygen atoms in total. The molecule has 0 aliphatic carbocycles. The van der Waals surface area contributed by atoms with Gasteiger partial charge in [0.05, 0.1) is 5.56 Å². The van der Waals surface area contributed by atoms with Crippen LogP contribution in [-0.2, 0) is 0 Å². The summed E-state index contributed by atoms with van der Waals surface area (Å²) in [4.78, 5) is 14.2. The third-order valence-corrected chi connectivity index (χ3v) is 1.69. The summed E-state index contributed by atoms with van der Waals surface area (Å²) in [5.41, 5.74) is -0.362. The Morgan fingerprint density at radius 1 is 1.54 bits per heavy atom. The number of nitrogens with zero attached hydrogens (tertiary/aromatic N) is 1. The lowest BCUT2D eigenvalue weighted by Crippen LogP contribution is -2.02. The molecule has 0 saturated heterocycles. The highest BCUT2D eigenvalue weighted by Crippen LogP contribution is 2.22. The van der Waals surface area contributed by atoms with E-state index in [2.05, 4.69) is 4.98 Å². The predicted molar refractivity (Wildman–Crippen MR) is 44.1 cm³/mol. The number of halogens is 3. The zero-order valence-corrected chi connectivity index (χ0v) is 7.48. The molecule has 1 heterocycles. The summed E-state index contributed by atoms with van der Waals surface area (Å²) in [6, 6.07) is 2.71. The first-order valence-corrected chi connectivity index (χ1v) is 3.85. The van der Waals surface area contributed by atoms with Gasteiger partial charge < -0.3 is 0 Å². The van der Waals surface area contributed by atoms with E-state index >= 15 is 0 Å². The first-order chi connectivity index (χ1) is 6.02. The summed E-state index contributed by atoms with van der Waals surface area (Å²) in [6.45, 7) is 1.56. The summed E-state index contributed by atoms with van der Waals surface area (Å²) in [6.07, 6.45) is -2.78. The smallest absolute Gasteiger partial charge is 0.276 e. The monoisotopic (exact) mass is 205 g/mol. The van der Waals surface area contributed by atoms with Crippen molar-refractivity contribution in [2.75, 3.05) is 0 Å². The van der Waals surface area contributed by atoms with Crippen molar-refractivity contribution >= 4 is 16.8 Å². The molecule has 0 saturated carbocycles. The lowest BCUT2D eigenvalue weighted by molar-refractivity contribution is 0.106. The molecular weight excluding hydrogens is 200 g/mol. The van der Waals surface area contributed by atoms with Crippen LogP contribution in [0.3, 0.4) is 0 Å². The van der Waals surface area contributed by atoms with Gasteiger partial charge in [0, 0.05) is 5.69 Å². The molecule has 1 aromatic heterocycles. The third-order valence-electron chi connectivity index (χ3n) is 1.48. The third kappa shape index (κ3) is 2.21. The van der Waals surface area contributed by atoms with Crippen molar-refractivity contribution in [3.05, 3.63) is 29.1 Å². The van der Waals surface area contributed by atoms with Crippen LogP contribution in [0, 0.1) is 6.92 Å². The van der Waals surface area contributed by atoms with Gasteiger partial charge in [0.25, 0.3) is 11.7 Å². The second-order valence-corrected chi connectivity index (χ2v) is 2.80. The minimum atomic E-state index is -2.78. The fourth-order valence-corrected chi connectivity index (χ4v) is 1.07. The summed E-state index contributed by atoms with van der Waals surface area (Å²) in [5.74, 6) is 0. The van der Waals surface area contributed by atoms with Gasteiger partial charge in [0.15, 0.2) is 0 Å². The van der Waals surface area contributed by atoms with Gasteiger partial charge in [0.2, 0.25) is 0 Å². The van der Waals surface area contributed by atoms with Gasteiger partial charge in [-0.3, -0.25) is 9.78 Å². The molecule has 1 rings (SSSR count). The maximum Gasteiger partial charge on any atom is 0.281 e. The summed E-state index contributed by atoms with van der Waals surface area (Å²) >= 11 is 5.09. The number of alkyl halides is 2. The van der Waals surface area contributed by atoms with Crippen molar-refractivity contribution in [3.8, 4) is 0 Å². The molecule has 0 radical (unpaired) electrons. The Hall–Kier alpha value is -1.03. The van der Waals surface area contributed by atoms with Gasteiger partial charge in [-0.25, -0.2) is 8.78 Å². The summed E-state index contributed by atoms with van der Waals surface area (Å²) in [7, 11) is 0. The number of rotatable bonds is 2. The lowest BCUT2D eigenvalue weighted by atomic mass is 10.2. The molecule has 0 aromatic carbocycles. The van der Waals surface area contributed by atoms with Gasteiger partial charge in [-0.1, -0.05) is 0 Å². The molecule has 0 spiro atoms. The molecule has 0 amide bonds. The number of carbonyl (C=O) groups excluding carboxylic acids is 1. The Balaban J connectivity index is 3.26. The Labute approximate surface area is 78.5 Å². The molecule has 0 bridgehead atoms. The van der Waals surface area contributed by atoms with E-state index < -0.39 is 17.4 Å². The van der Waals surface area contributed by atoms with Crippen LogP contribution in [0.5, 0.6) is 0 Å². The Bertz CT molecular complexity index is 341. The molecule has 0 atom stereocenters. The quantitative estimate of drug-likeness (QED) is 0.695. The van der Waals surface area contributed by atoms with Gasteiger partial charge in [0.1, 0.15) is 5.69 Å². The van der Waals surface area contributed by atoms with E-state index in [0.717, 1.165) is 0 Å². The first-order valence-electron chi connectivity index (χ1n) is 3.48. The molecule has 0 unspecified atom stereocenters. The first kappa shape index (κ1) is 10.1. The van der Waals surface area contributed by atoms with E-state index in [1.807, 2.05) is 0 Å². The number of aromatic nitrogens is 1. The number of hydrogen-bond donors (Lipinski definition) is 0. The van der Waals surface area contributed by atoms with Crippen LogP contribution in [0.4, 0.5) is 8.78 Å². The standard InChI is InChI=1S/C8H6ClF2NO/c1-4-2-3-5(7(9)13)6(12-4)8(10)11/h2-3,8H,1H3. The van der Waals surface area contributed by atoms with E-state index in [1.165, 1.54) is 12.1 Å². The highest BCUT2D eigenvalue weighted by molar-refractivity contribution is 6.67. The minimum Gasteiger partial charge on any atom is -0.276 e. The molecule has 5 heteroatoms. The van der Waals surface area contributed by atoms with Crippen LogP contribution < -0.4 is 0 Å². The molecular formula is C8H6ClF2NO. The van der Waals surface area contributed by atoms with Crippen LogP contribution in [-0.4, -0.2) is 10.2 Å². The normalized spacial score (nSPS) is 10.5. The van der Waals surface area contributed by atoms with Crippen LogP contribution in [0.25, 0.3) is 0 Å². The summed E-state index contributed by atoms with van der Waals surface area (Å²) < 4.78 is 24.6. The zero-order chi connectivity index (χ0) is 10.0. The van der Waals surface area contributed by atoms with Gasteiger partial charge in [-0.2, -0.15) is 0 Å². The zero-order valence-electron chi connectivity index (χ0n) is 6.72. The van der Waals surface area contributed by atoms with Crippen molar-refractivity contribution < 1.29 is 13.6 Å². The van der Waals surface area contributed by atoms with Crippen LogP contribution in [0.1, 0.15) is 28.2 Å². The largest absolute Gasteiger partial charge is 0.281 e. The van der Waals surface area contributed by atoms with Gasteiger partial charge >= 0.3 is 0 Å². The average molecular weight is 206 g/mol. The predicted octanol–water partition coefficient (Wildman–Crippen LogP) is 2.71. The van der Waals surface area contributed by atoms with E-state index in [0.29, 0.717) is 5.69 Å². The molecule has 0 aliphatic heterocycles. The SMILES string of the molecule is Cc1ccc(C(=O)Cl)c(C(F)F)n1. The number of carbonyl (C=O) groups is 1. The van der Waals surface area contributed by atoms with E-state index in [9.17, 15) is 13.6 Å². The molecule has 0 N–H and O–H groups in total. The second-order valence-electron chi connectivity index (χ2n) is 2.46. The molecule has 1 aromatic rings. The van der Waals surface area contributed by atoms with Gasteiger partial charge in [-0.15, -0.1) is 0 Å². The Morgan fingerprint density at radius 3 is 2.62 bits per heavy atom. The topological polar surface area (TPSA) is 30.0 Å². The average Bonchev–Trinajstić information content (AvgIpc) is 2.03. The number of aryl methyl sites for hydroxylation is 1. The fraction of sp³-hybridized carbons (Fsp3) is 0.250. The van der Waals surface area contributed by atoms with E-state index in [4.69, 9.17) is 11.6 Å². The van der Waals surface area contributed by atoms with Crippen molar-refractivity contribution in [2.24, 2.45) is 0 Å².